The van der Waals surface area contributed by atoms with E-state index < -0.39 is 6.10 Å². The van der Waals surface area contributed by atoms with E-state index in [4.69, 9.17) is 23.2 Å². The summed E-state index contributed by atoms with van der Waals surface area (Å²) in [6.45, 7) is 4.00. The van der Waals surface area contributed by atoms with Crippen LogP contribution in [-0.4, -0.2) is 35.7 Å². The standard InChI is InChI=1S/C13H19Cl2NO/c1-13(2,16(3)4)12(17)7-9-5-6-10(14)8-11(9)15/h5-6,8,12,17H,7H2,1-4H3. The molecule has 17 heavy (non-hydrogen) atoms. The highest BCUT2D eigenvalue weighted by Gasteiger charge is 2.30. The van der Waals surface area contributed by atoms with Gasteiger partial charge in [0.15, 0.2) is 0 Å². The van der Waals surface area contributed by atoms with Crippen molar-refractivity contribution in [1.82, 2.24) is 4.90 Å². The van der Waals surface area contributed by atoms with Crippen molar-refractivity contribution in [3.05, 3.63) is 33.8 Å². The lowest BCUT2D eigenvalue weighted by Gasteiger charge is -2.37. The van der Waals surface area contributed by atoms with Gasteiger partial charge < -0.3 is 10.0 Å². The third kappa shape index (κ3) is 3.59. The molecule has 0 saturated carbocycles. The van der Waals surface area contributed by atoms with E-state index in [1.807, 2.05) is 38.9 Å². The Morgan fingerprint density at radius 1 is 1.29 bits per heavy atom. The van der Waals surface area contributed by atoms with Crippen LogP contribution in [0, 0.1) is 0 Å². The molecule has 0 heterocycles. The molecule has 96 valence electrons. The van der Waals surface area contributed by atoms with E-state index in [1.165, 1.54) is 0 Å². The first-order chi connectivity index (χ1) is 7.75. The molecule has 2 nitrogen and oxygen atoms in total. The van der Waals surface area contributed by atoms with Gasteiger partial charge in [-0.1, -0.05) is 29.3 Å². The summed E-state index contributed by atoms with van der Waals surface area (Å²) in [4.78, 5) is 2.00. The zero-order valence-electron chi connectivity index (χ0n) is 10.7. The van der Waals surface area contributed by atoms with Gasteiger partial charge in [-0.2, -0.15) is 0 Å². The minimum absolute atomic E-state index is 0.303. The van der Waals surface area contributed by atoms with Gasteiger partial charge in [0, 0.05) is 22.0 Å². The zero-order valence-corrected chi connectivity index (χ0v) is 12.2. The molecule has 1 N–H and O–H groups in total. The van der Waals surface area contributed by atoms with Crippen LogP contribution in [0.3, 0.4) is 0 Å². The maximum atomic E-state index is 10.3. The van der Waals surface area contributed by atoms with Crippen molar-refractivity contribution in [2.75, 3.05) is 14.1 Å². The van der Waals surface area contributed by atoms with Gasteiger partial charge in [0.2, 0.25) is 0 Å². The predicted octanol–water partition coefficient (Wildman–Crippen LogP) is 3.24. The van der Waals surface area contributed by atoms with E-state index in [-0.39, 0.29) is 5.54 Å². The Balaban J connectivity index is 2.84. The third-order valence-corrected chi connectivity index (χ3v) is 3.98. The molecule has 0 saturated heterocycles. The van der Waals surface area contributed by atoms with Gasteiger partial charge in [0.1, 0.15) is 0 Å². The summed E-state index contributed by atoms with van der Waals surface area (Å²) in [6, 6.07) is 5.35. The zero-order chi connectivity index (χ0) is 13.2. The molecular formula is C13H19Cl2NO. The molecule has 0 fully saturated rings. The monoisotopic (exact) mass is 275 g/mol. The largest absolute Gasteiger partial charge is 0.391 e. The summed E-state index contributed by atoms with van der Waals surface area (Å²) in [5.41, 5.74) is 0.613. The van der Waals surface area contributed by atoms with Crippen molar-refractivity contribution in [3.8, 4) is 0 Å². The van der Waals surface area contributed by atoms with Crippen molar-refractivity contribution >= 4 is 23.2 Å². The van der Waals surface area contributed by atoms with Crippen LogP contribution < -0.4 is 0 Å². The summed E-state index contributed by atoms with van der Waals surface area (Å²) in [5, 5.41) is 11.5. The van der Waals surface area contributed by atoms with Crippen molar-refractivity contribution in [2.24, 2.45) is 0 Å². The van der Waals surface area contributed by atoms with E-state index in [0.717, 1.165) is 5.56 Å². The molecule has 0 aliphatic rings. The number of nitrogens with zero attached hydrogens (tertiary/aromatic N) is 1. The minimum atomic E-state index is -0.490. The molecule has 1 rings (SSSR count). The van der Waals surface area contributed by atoms with Gasteiger partial charge in [-0.15, -0.1) is 0 Å². The average Bonchev–Trinajstić information content (AvgIpc) is 2.21. The summed E-state index contributed by atoms with van der Waals surface area (Å²) in [5.74, 6) is 0. The summed E-state index contributed by atoms with van der Waals surface area (Å²) in [7, 11) is 3.90. The normalized spacial score (nSPS) is 14.1. The van der Waals surface area contributed by atoms with Gasteiger partial charge in [0.05, 0.1) is 6.10 Å². The first kappa shape index (κ1) is 14.8. The smallest absolute Gasteiger partial charge is 0.0758 e. The molecule has 0 bridgehead atoms. The number of benzene rings is 1. The van der Waals surface area contributed by atoms with Crippen LogP contribution in [0.5, 0.6) is 0 Å². The van der Waals surface area contributed by atoms with Crippen LogP contribution in [0.2, 0.25) is 10.0 Å². The molecule has 1 aromatic carbocycles. The molecule has 0 amide bonds. The second-order valence-electron chi connectivity index (χ2n) is 5.00. The number of aliphatic hydroxyl groups excluding tert-OH is 1. The molecule has 0 aromatic heterocycles. The van der Waals surface area contributed by atoms with Gasteiger partial charge in [0.25, 0.3) is 0 Å². The molecule has 0 aliphatic carbocycles. The minimum Gasteiger partial charge on any atom is -0.391 e. The predicted molar refractivity (Wildman–Crippen MR) is 73.9 cm³/mol. The van der Waals surface area contributed by atoms with Crippen LogP contribution in [0.25, 0.3) is 0 Å². The summed E-state index contributed by atoms with van der Waals surface area (Å²) >= 11 is 11.9. The summed E-state index contributed by atoms with van der Waals surface area (Å²) in [6.07, 6.45) is 0.0254. The highest BCUT2D eigenvalue weighted by Crippen LogP contribution is 2.25. The third-order valence-electron chi connectivity index (χ3n) is 3.40. The Hall–Kier alpha value is -0.280. The van der Waals surface area contributed by atoms with Crippen LogP contribution in [0.1, 0.15) is 19.4 Å². The molecule has 0 radical (unpaired) electrons. The molecule has 0 spiro atoms. The number of likely N-dealkylation sites (N-methyl/N-ethyl adjacent to an activating group) is 1. The van der Waals surface area contributed by atoms with Crippen molar-refractivity contribution in [3.63, 3.8) is 0 Å². The van der Waals surface area contributed by atoms with E-state index in [1.54, 1.807) is 12.1 Å². The fraction of sp³-hybridized carbons (Fsp3) is 0.538. The second-order valence-corrected chi connectivity index (χ2v) is 5.85. The van der Waals surface area contributed by atoms with Gasteiger partial charge in [-0.3, -0.25) is 0 Å². The number of hydrogen-bond donors (Lipinski definition) is 1. The van der Waals surface area contributed by atoms with E-state index in [9.17, 15) is 5.11 Å². The second kappa shape index (κ2) is 5.57. The van der Waals surface area contributed by atoms with Crippen LogP contribution in [0.4, 0.5) is 0 Å². The first-order valence-corrected chi connectivity index (χ1v) is 6.30. The lowest BCUT2D eigenvalue weighted by Crippen LogP contribution is -2.49. The van der Waals surface area contributed by atoms with Gasteiger partial charge >= 0.3 is 0 Å². The lowest BCUT2D eigenvalue weighted by atomic mass is 9.91. The number of hydrogen-bond acceptors (Lipinski definition) is 2. The van der Waals surface area contributed by atoms with Crippen molar-refractivity contribution in [2.45, 2.75) is 31.9 Å². The van der Waals surface area contributed by atoms with Crippen molar-refractivity contribution < 1.29 is 5.11 Å². The highest BCUT2D eigenvalue weighted by molar-refractivity contribution is 6.35. The number of halogens is 2. The molecule has 1 unspecified atom stereocenters. The molecule has 1 aromatic rings. The molecule has 1 atom stereocenters. The topological polar surface area (TPSA) is 23.5 Å². The molecule has 0 aliphatic heterocycles. The Morgan fingerprint density at radius 3 is 2.35 bits per heavy atom. The summed E-state index contributed by atoms with van der Waals surface area (Å²) < 4.78 is 0. The average molecular weight is 276 g/mol. The molecular weight excluding hydrogens is 257 g/mol. The molecule has 4 heteroatoms. The maximum Gasteiger partial charge on any atom is 0.0758 e. The van der Waals surface area contributed by atoms with Gasteiger partial charge in [-0.25, -0.2) is 0 Å². The van der Waals surface area contributed by atoms with E-state index >= 15 is 0 Å². The Labute approximate surface area is 113 Å². The number of rotatable bonds is 4. The SMILES string of the molecule is CN(C)C(C)(C)C(O)Cc1ccc(Cl)cc1Cl. The fourth-order valence-corrected chi connectivity index (χ4v) is 1.93. The van der Waals surface area contributed by atoms with E-state index in [2.05, 4.69) is 0 Å². The van der Waals surface area contributed by atoms with Crippen molar-refractivity contribution in [1.29, 1.82) is 0 Å². The Morgan fingerprint density at radius 2 is 1.88 bits per heavy atom. The lowest BCUT2D eigenvalue weighted by molar-refractivity contribution is 0.0183. The Bertz CT molecular complexity index is 391. The number of aliphatic hydroxyl groups is 1. The Kier molecular flexibility index (Phi) is 4.85. The van der Waals surface area contributed by atoms with Gasteiger partial charge in [-0.05, 0) is 45.6 Å². The fourth-order valence-electron chi connectivity index (χ4n) is 1.44. The highest BCUT2D eigenvalue weighted by atomic mass is 35.5. The van der Waals surface area contributed by atoms with Crippen LogP contribution in [0.15, 0.2) is 18.2 Å². The van der Waals surface area contributed by atoms with Crippen LogP contribution in [-0.2, 0) is 6.42 Å². The first-order valence-electron chi connectivity index (χ1n) is 5.54. The maximum absolute atomic E-state index is 10.3. The van der Waals surface area contributed by atoms with E-state index in [0.29, 0.717) is 16.5 Å². The van der Waals surface area contributed by atoms with Crippen LogP contribution >= 0.6 is 23.2 Å². The quantitative estimate of drug-likeness (QED) is 0.912.